The molecule has 0 radical (unpaired) electrons. The lowest BCUT2D eigenvalue weighted by Crippen LogP contribution is -2.17. The summed E-state index contributed by atoms with van der Waals surface area (Å²) in [4.78, 5) is 12.7. The summed E-state index contributed by atoms with van der Waals surface area (Å²) in [5.41, 5.74) is 8.16. The molecule has 0 spiro atoms. The van der Waals surface area contributed by atoms with E-state index in [9.17, 15) is 0 Å². The van der Waals surface area contributed by atoms with Crippen LogP contribution in [0.3, 0.4) is 0 Å². The Bertz CT molecular complexity index is 803. The highest BCUT2D eigenvalue weighted by Gasteiger charge is 2.24. The number of hydrogen-bond acceptors (Lipinski definition) is 6. The van der Waals surface area contributed by atoms with Gasteiger partial charge in [0.2, 0.25) is 5.95 Å². The molecule has 1 aliphatic rings. The summed E-state index contributed by atoms with van der Waals surface area (Å²) in [6.45, 7) is 5.63. The molecule has 0 amide bonds. The monoisotopic (exact) mass is 365 g/mol. The third-order valence-electron chi connectivity index (χ3n) is 4.77. The lowest BCUT2D eigenvalue weighted by Gasteiger charge is -2.21. The van der Waals surface area contributed by atoms with Crippen molar-refractivity contribution in [1.29, 1.82) is 0 Å². The second-order valence-electron chi connectivity index (χ2n) is 6.74. The van der Waals surface area contributed by atoms with Gasteiger partial charge in [-0.1, -0.05) is 50.6 Å². The third kappa shape index (κ3) is 4.84. The first kappa shape index (κ1) is 18.9. The number of nitrogen functional groups attached to an aromatic ring is 1. The van der Waals surface area contributed by atoms with Crippen LogP contribution in [0.25, 0.3) is 0 Å². The fourth-order valence-electron chi connectivity index (χ4n) is 3.12. The van der Waals surface area contributed by atoms with Crippen molar-refractivity contribution in [3.8, 4) is 5.75 Å². The Morgan fingerprint density at radius 1 is 1.26 bits per heavy atom. The predicted octanol–water partition coefficient (Wildman–Crippen LogP) is 4.04. The summed E-state index contributed by atoms with van der Waals surface area (Å²) in [5, 5.41) is 3.28. The first-order chi connectivity index (χ1) is 13.2. The minimum Gasteiger partial charge on any atom is -0.484 e. The van der Waals surface area contributed by atoms with Gasteiger partial charge in [0.1, 0.15) is 6.61 Å². The number of nitrogens with one attached hydrogen (secondary N) is 1. The molecule has 2 heterocycles. The Hall–Kier alpha value is -2.89. The van der Waals surface area contributed by atoms with Gasteiger partial charge in [-0.05, 0) is 23.5 Å². The van der Waals surface area contributed by atoms with Crippen LogP contribution in [0.15, 0.2) is 53.3 Å². The lowest BCUT2D eigenvalue weighted by atomic mass is 9.84. The average Bonchev–Trinajstić information content (AvgIpc) is 3.16. The van der Waals surface area contributed by atoms with Crippen LogP contribution in [0.2, 0.25) is 0 Å². The molecule has 27 heavy (non-hydrogen) atoms. The molecule has 3 rings (SSSR count). The van der Waals surface area contributed by atoms with Gasteiger partial charge in [-0.25, -0.2) is 4.98 Å². The number of nitrogens with two attached hydrogens (primary N) is 1. The summed E-state index contributed by atoms with van der Waals surface area (Å²) >= 11 is 0. The fraction of sp³-hybridized carbons (Fsp3) is 0.381. The molecule has 0 saturated heterocycles. The quantitative estimate of drug-likeness (QED) is 0.655. The minimum atomic E-state index is 0.221. The summed E-state index contributed by atoms with van der Waals surface area (Å²) in [6.07, 6.45) is 7.68. The highest BCUT2D eigenvalue weighted by Crippen LogP contribution is 2.32. The predicted molar refractivity (Wildman–Crippen MR) is 110 cm³/mol. The molecule has 1 aromatic carbocycles. The topological polar surface area (TPSA) is 85.4 Å². The van der Waals surface area contributed by atoms with E-state index in [1.807, 2.05) is 18.5 Å². The fourth-order valence-corrected chi connectivity index (χ4v) is 3.12. The molecule has 0 bridgehead atoms. The number of benzene rings is 1. The molecule has 6 nitrogen and oxygen atoms in total. The second kappa shape index (κ2) is 9.16. The summed E-state index contributed by atoms with van der Waals surface area (Å²) in [7, 11) is 0. The van der Waals surface area contributed by atoms with Crippen LogP contribution >= 0.6 is 0 Å². The van der Waals surface area contributed by atoms with E-state index in [0.29, 0.717) is 24.1 Å². The van der Waals surface area contributed by atoms with Gasteiger partial charge in [-0.3, -0.25) is 4.99 Å². The van der Waals surface area contributed by atoms with Crippen molar-refractivity contribution in [1.82, 2.24) is 9.97 Å². The Labute approximate surface area is 160 Å². The van der Waals surface area contributed by atoms with Crippen molar-refractivity contribution in [3.05, 3.63) is 53.9 Å². The normalized spacial score (nSPS) is 16.8. The van der Waals surface area contributed by atoms with Crippen LogP contribution < -0.4 is 15.8 Å². The van der Waals surface area contributed by atoms with Crippen LogP contribution in [0, 0.1) is 5.92 Å². The maximum Gasteiger partial charge on any atom is 0.222 e. The molecule has 1 aromatic heterocycles. The third-order valence-corrected chi connectivity index (χ3v) is 4.77. The molecule has 3 N–H and O–H groups in total. The van der Waals surface area contributed by atoms with Gasteiger partial charge >= 0.3 is 0 Å². The highest BCUT2D eigenvalue weighted by atomic mass is 16.5. The number of anilines is 2. The molecular formula is C21H27N5O. The largest absolute Gasteiger partial charge is 0.484 e. The lowest BCUT2D eigenvalue weighted by molar-refractivity contribution is 0.339. The van der Waals surface area contributed by atoms with Crippen LogP contribution in [0.4, 0.5) is 11.8 Å². The van der Waals surface area contributed by atoms with E-state index < -0.39 is 0 Å². The van der Waals surface area contributed by atoms with Gasteiger partial charge in [-0.2, -0.15) is 4.98 Å². The van der Waals surface area contributed by atoms with E-state index in [-0.39, 0.29) is 11.9 Å². The maximum atomic E-state index is 6.03. The van der Waals surface area contributed by atoms with Gasteiger partial charge in [-0.15, -0.1) is 0 Å². The number of aromatic nitrogens is 2. The van der Waals surface area contributed by atoms with Crippen molar-refractivity contribution >= 4 is 18.0 Å². The number of aliphatic imine (C=N–C) groups is 1. The van der Waals surface area contributed by atoms with E-state index >= 15 is 0 Å². The minimum absolute atomic E-state index is 0.221. The molecule has 2 aromatic rings. The number of unbranched alkanes of at least 4 members (excludes halogenated alkanes) is 1. The molecule has 0 aliphatic carbocycles. The Morgan fingerprint density at radius 3 is 2.85 bits per heavy atom. The van der Waals surface area contributed by atoms with Gasteiger partial charge < -0.3 is 15.8 Å². The van der Waals surface area contributed by atoms with E-state index in [4.69, 9.17) is 10.5 Å². The Kier molecular flexibility index (Phi) is 6.41. The first-order valence-corrected chi connectivity index (χ1v) is 9.45. The molecule has 0 saturated carbocycles. The molecule has 142 valence electrons. The zero-order valence-corrected chi connectivity index (χ0v) is 15.9. The highest BCUT2D eigenvalue weighted by molar-refractivity contribution is 5.71. The molecule has 6 heteroatoms. The molecule has 1 aliphatic heterocycles. The van der Waals surface area contributed by atoms with Crippen molar-refractivity contribution < 1.29 is 4.74 Å². The van der Waals surface area contributed by atoms with Crippen LogP contribution in [-0.4, -0.2) is 29.3 Å². The molecule has 0 fully saturated rings. The summed E-state index contributed by atoms with van der Waals surface area (Å²) in [6, 6.07) is 10.5. The van der Waals surface area contributed by atoms with E-state index in [1.54, 1.807) is 6.20 Å². The second-order valence-corrected chi connectivity index (χ2v) is 6.74. The van der Waals surface area contributed by atoms with E-state index in [0.717, 1.165) is 25.0 Å². The van der Waals surface area contributed by atoms with Crippen LogP contribution in [0.5, 0.6) is 5.75 Å². The number of nitrogens with zero attached hydrogens (tertiary/aromatic N) is 3. The van der Waals surface area contributed by atoms with Crippen LogP contribution in [0.1, 0.15) is 38.2 Å². The van der Waals surface area contributed by atoms with Crippen molar-refractivity contribution in [3.63, 3.8) is 0 Å². The maximum absolute atomic E-state index is 6.03. The molecular weight excluding hydrogens is 338 g/mol. The summed E-state index contributed by atoms with van der Waals surface area (Å²) < 4.78 is 6.03. The van der Waals surface area contributed by atoms with Crippen molar-refractivity contribution in [2.75, 3.05) is 24.2 Å². The van der Waals surface area contributed by atoms with E-state index in [2.05, 4.69) is 58.4 Å². The zero-order valence-electron chi connectivity index (χ0n) is 15.9. The standard InChI is InChI=1S/C21H27N5O/c1-3-4-10-24-20-19(13-25-21(22)26-20)27-14-17-11-23-12-18(17)15(2)16-8-6-5-7-9-16/h5-9,11-13,15,18H,3-4,10,14H2,1-2H3,(H3,22,24,25,26)/t15-,18?/m1/s1. The van der Waals surface area contributed by atoms with Gasteiger partial charge in [0.25, 0.3) is 0 Å². The first-order valence-electron chi connectivity index (χ1n) is 9.45. The van der Waals surface area contributed by atoms with E-state index in [1.165, 1.54) is 5.56 Å². The van der Waals surface area contributed by atoms with Gasteiger partial charge in [0, 0.05) is 24.9 Å². The zero-order chi connectivity index (χ0) is 19.1. The van der Waals surface area contributed by atoms with Gasteiger partial charge in [0.05, 0.1) is 6.20 Å². The summed E-state index contributed by atoms with van der Waals surface area (Å²) in [5.74, 6) is 2.04. The molecule has 2 atom stereocenters. The number of ether oxygens (including phenoxy) is 1. The van der Waals surface area contributed by atoms with Crippen LogP contribution in [-0.2, 0) is 0 Å². The van der Waals surface area contributed by atoms with Crippen molar-refractivity contribution in [2.45, 2.75) is 32.6 Å². The smallest absolute Gasteiger partial charge is 0.222 e. The van der Waals surface area contributed by atoms with Crippen molar-refractivity contribution in [2.24, 2.45) is 10.9 Å². The average molecular weight is 365 g/mol. The Balaban J connectivity index is 1.66. The SMILES string of the molecule is CCCCNc1nc(N)ncc1OCC1=CN=CC1[C@H](C)c1ccccc1. The number of rotatable bonds is 9. The number of hydrogen-bond donors (Lipinski definition) is 2. The Morgan fingerprint density at radius 2 is 2.07 bits per heavy atom. The molecule has 1 unspecified atom stereocenters. The van der Waals surface area contributed by atoms with Gasteiger partial charge in [0.15, 0.2) is 11.6 Å².